The Morgan fingerprint density at radius 2 is 1.04 bits per heavy atom. The Morgan fingerprint density at radius 3 is 1.71 bits per heavy atom. The molecule has 6 rings (SSSR count). The normalized spacial score (nSPS) is 12.3. The van der Waals surface area contributed by atoms with Crippen molar-refractivity contribution in [2.24, 2.45) is 0 Å². The molecule has 0 unspecified atom stereocenters. The molecule has 0 atom stereocenters. The molecule has 0 saturated carbocycles. The largest absolute Gasteiger partial charge is 0.354 e. The average Bonchev–Trinajstić information content (AvgIpc) is 3.25. The van der Waals surface area contributed by atoms with Crippen LogP contribution in [-0.2, 0) is 0 Å². The average molecular weight is 312 g/mol. The van der Waals surface area contributed by atoms with Gasteiger partial charge in [0.1, 0.15) is 0 Å². The van der Waals surface area contributed by atoms with Crippen LogP contribution in [0, 0.1) is 0 Å². The lowest BCUT2D eigenvalue weighted by Crippen LogP contribution is -1.99. The lowest BCUT2D eigenvalue weighted by atomic mass is 10.1. The summed E-state index contributed by atoms with van der Waals surface area (Å²) in [5.41, 5.74) is 5.59. The van der Waals surface area contributed by atoms with Gasteiger partial charge in [0.15, 0.2) is 0 Å². The van der Waals surface area contributed by atoms with Crippen LogP contribution in [0.1, 0.15) is 0 Å². The Morgan fingerprint density at radius 1 is 0.542 bits per heavy atom. The van der Waals surface area contributed by atoms with Crippen LogP contribution >= 0.6 is 0 Å². The molecular weight excluding hydrogens is 300 g/mol. The van der Waals surface area contributed by atoms with Crippen molar-refractivity contribution in [3.05, 3.63) is 59.0 Å². The molecule has 114 valence electrons. The van der Waals surface area contributed by atoms with Crippen LogP contribution in [0.5, 0.6) is 0 Å². The minimum absolute atomic E-state index is 0.192. The standard InChI is InChI=1S/C19H12N4O/c24-19-22-17-14-9-5-1-3-7-11(9)20-15(14)13-10-6-2-4-8-12(10)21-16(13)18(17)23-19/h1-8,20-21H,(H2,22,23,24). The predicted molar refractivity (Wildman–Crippen MR) is 97.6 cm³/mol. The van der Waals surface area contributed by atoms with Gasteiger partial charge in [-0.2, -0.15) is 0 Å². The second-order valence-corrected chi connectivity index (χ2v) is 6.17. The van der Waals surface area contributed by atoms with Crippen molar-refractivity contribution < 1.29 is 0 Å². The van der Waals surface area contributed by atoms with Crippen molar-refractivity contribution >= 4 is 54.6 Å². The molecule has 3 aromatic carbocycles. The van der Waals surface area contributed by atoms with Gasteiger partial charge in [-0.25, -0.2) is 4.79 Å². The molecule has 0 spiro atoms. The molecular formula is C19H12N4O. The zero-order valence-corrected chi connectivity index (χ0v) is 12.5. The SMILES string of the molecule is O=c1[nH]c2c([nH]1)c1c3ccccc3[nH]c1c1c3ccccc3[nH]c21. The molecule has 0 fully saturated rings. The highest BCUT2D eigenvalue weighted by atomic mass is 16.1. The molecule has 6 aromatic rings. The van der Waals surface area contributed by atoms with Crippen LogP contribution in [0.25, 0.3) is 54.6 Å². The molecule has 24 heavy (non-hydrogen) atoms. The second-order valence-electron chi connectivity index (χ2n) is 6.17. The topological polar surface area (TPSA) is 80.2 Å². The van der Waals surface area contributed by atoms with E-state index in [0.29, 0.717) is 0 Å². The summed E-state index contributed by atoms with van der Waals surface area (Å²) in [5, 5.41) is 4.42. The first-order valence-corrected chi connectivity index (χ1v) is 7.86. The first kappa shape index (κ1) is 12.0. The number of nitrogens with one attached hydrogen (secondary N) is 4. The molecule has 0 radical (unpaired) electrons. The van der Waals surface area contributed by atoms with Crippen molar-refractivity contribution in [2.45, 2.75) is 0 Å². The van der Waals surface area contributed by atoms with Crippen molar-refractivity contribution in [3.8, 4) is 0 Å². The van der Waals surface area contributed by atoms with E-state index in [0.717, 1.165) is 54.6 Å². The fourth-order valence-electron chi connectivity index (χ4n) is 3.94. The smallest absolute Gasteiger partial charge is 0.323 e. The third-order valence-electron chi connectivity index (χ3n) is 4.89. The third kappa shape index (κ3) is 1.29. The monoisotopic (exact) mass is 312 g/mol. The molecule has 0 bridgehead atoms. The van der Waals surface area contributed by atoms with E-state index < -0.39 is 0 Å². The Kier molecular flexibility index (Phi) is 1.95. The first-order valence-electron chi connectivity index (χ1n) is 7.86. The zero-order chi connectivity index (χ0) is 15.8. The third-order valence-corrected chi connectivity index (χ3v) is 4.89. The van der Waals surface area contributed by atoms with Gasteiger partial charge in [-0.15, -0.1) is 0 Å². The zero-order valence-electron chi connectivity index (χ0n) is 12.5. The van der Waals surface area contributed by atoms with Gasteiger partial charge in [0.25, 0.3) is 0 Å². The number of rotatable bonds is 0. The van der Waals surface area contributed by atoms with Crippen molar-refractivity contribution in [1.29, 1.82) is 0 Å². The lowest BCUT2D eigenvalue weighted by molar-refractivity contribution is 1.22. The Bertz CT molecular complexity index is 1480. The maximum Gasteiger partial charge on any atom is 0.323 e. The molecule has 0 amide bonds. The van der Waals surface area contributed by atoms with Gasteiger partial charge < -0.3 is 19.9 Å². The summed E-state index contributed by atoms with van der Waals surface area (Å²) >= 11 is 0. The molecule has 0 saturated heterocycles. The van der Waals surface area contributed by atoms with Gasteiger partial charge in [-0.05, 0) is 12.1 Å². The number of para-hydroxylation sites is 2. The predicted octanol–water partition coefficient (Wildman–Crippen LogP) is 4.13. The van der Waals surface area contributed by atoms with Crippen molar-refractivity contribution in [2.75, 3.05) is 0 Å². The molecule has 3 heterocycles. The number of H-pyrrole nitrogens is 4. The molecule has 5 nitrogen and oxygen atoms in total. The maximum atomic E-state index is 12.0. The first-order chi connectivity index (χ1) is 11.8. The summed E-state index contributed by atoms with van der Waals surface area (Å²) < 4.78 is 0. The molecule has 4 N–H and O–H groups in total. The summed E-state index contributed by atoms with van der Waals surface area (Å²) in [6, 6.07) is 16.4. The van der Waals surface area contributed by atoms with Crippen LogP contribution in [0.2, 0.25) is 0 Å². The van der Waals surface area contributed by atoms with Crippen LogP contribution in [0.4, 0.5) is 0 Å². The van der Waals surface area contributed by atoms with E-state index in [4.69, 9.17) is 0 Å². The number of aromatic nitrogens is 4. The van der Waals surface area contributed by atoms with Crippen molar-refractivity contribution in [3.63, 3.8) is 0 Å². The highest BCUT2D eigenvalue weighted by Gasteiger charge is 2.18. The molecule has 0 aliphatic rings. The van der Waals surface area contributed by atoms with Crippen LogP contribution in [0.15, 0.2) is 53.3 Å². The fraction of sp³-hybridized carbons (Fsp3) is 0. The quantitative estimate of drug-likeness (QED) is 0.334. The summed E-state index contributed by atoms with van der Waals surface area (Å²) in [6.45, 7) is 0. The van der Waals surface area contributed by atoms with E-state index in [1.165, 1.54) is 0 Å². The lowest BCUT2D eigenvalue weighted by Gasteiger charge is -1.98. The molecule has 3 aromatic heterocycles. The van der Waals surface area contributed by atoms with Gasteiger partial charge in [0.2, 0.25) is 0 Å². The van der Waals surface area contributed by atoms with E-state index in [9.17, 15) is 4.79 Å². The summed E-state index contributed by atoms with van der Waals surface area (Å²) in [7, 11) is 0. The summed E-state index contributed by atoms with van der Waals surface area (Å²) in [6.07, 6.45) is 0. The number of aromatic amines is 4. The van der Waals surface area contributed by atoms with E-state index in [1.54, 1.807) is 0 Å². The fourth-order valence-corrected chi connectivity index (χ4v) is 3.94. The Balaban J connectivity index is 2.10. The molecule has 0 aliphatic carbocycles. The van der Waals surface area contributed by atoms with Gasteiger partial charge >= 0.3 is 5.69 Å². The van der Waals surface area contributed by atoms with E-state index in [-0.39, 0.29) is 5.69 Å². The Hall–Kier alpha value is -3.47. The van der Waals surface area contributed by atoms with E-state index in [2.05, 4.69) is 44.2 Å². The minimum Gasteiger partial charge on any atom is -0.354 e. The van der Waals surface area contributed by atoms with Gasteiger partial charge in [-0.1, -0.05) is 36.4 Å². The van der Waals surface area contributed by atoms with Crippen LogP contribution < -0.4 is 5.69 Å². The number of hydrogen-bond donors (Lipinski definition) is 4. The van der Waals surface area contributed by atoms with Crippen LogP contribution in [0.3, 0.4) is 0 Å². The van der Waals surface area contributed by atoms with E-state index >= 15 is 0 Å². The second kappa shape index (κ2) is 3.89. The van der Waals surface area contributed by atoms with Gasteiger partial charge in [0.05, 0.1) is 22.1 Å². The molecule has 5 heteroatoms. The molecule has 0 aliphatic heterocycles. The van der Waals surface area contributed by atoms with Crippen LogP contribution in [-0.4, -0.2) is 19.9 Å². The van der Waals surface area contributed by atoms with Crippen molar-refractivity contribution in [1.82, 2.24) is 19.9 Å². The minimum atomic E-state index is -0.192. The van der Waals surface area contributed by atoms with E-state index in [1.807, 2.05) is 24.3 Å². The van der Waals surface area contributed by atoms with Gasteiger partial charge in [0, 0.05) is 32.6 Å². The summed E-state index contributed by atoms with van der Waals surface area (Å²) in [4.78, 5) is 24.9. The highest BCUT2D eigenvalue weighted by molar-refractivity contribution is 6.33. The highest BCUT2D eigenvalue weighted by Crippen LogP contribution is 2.39. The van der Waals surface area contributed by atoms with Gasteiger partial charge in [-0.3, -0.25) is 0 Å². The number of fused-ring (bicyclic) bond motifs is 10. The number of hydrogen-bond acceptors (Lipinski definition) is 1. The number of imidazole rings is 1. The Labute approximate surface area is 134 Å². The number of benzene rings is 3. The summed E-state index contributed by atoms with van der Waals surface area (Å²) in [5.74, 6) is 0. The maximum absolute atomic E-state index is 12.0.